The molecule has 2 heterocycles. The lowest BCUT2D eigenvalue weighted by molar-refractivity contribution is -0.384. The molecule has 0 atom stereocenters. The SMILES string of the molecule is COc1nc(N/N=C\c2cccc([N+](=O)[O-])c2)nc(N2CCOCC2)n1. The molecule has 11 heteroatoms. The van der Waals surface area contributed by atoms with E-state index >= 15 is 0 Å². The second-order valence-corrected chi connectivity index (χ2v) is 5.27. The Morgan fingerprint density at radius 2 is 2.15 bits per heavy atom. The maximum Gasteiger partial charge on any atom is 0.322 e. The van der Waals surface area contributed by atoms with E-state index in [0.29, 0.717) is 37.8 Å². The number of aromatic nitrogens is 3. The number of rotatable bonds is 6. The highest BCUT2D eigenvalue weighted by Crippen LogP contribution is 2.16. The number of ether oxygens (including phenoxy) is 2. The zero-order valence-electron chi connectivity index (χ0n) is 14.0. The summed E-state index contributed by atoms with van der Waals surface area (Å²) in [6.45, 7) is 2.54. The number of morpholine rings is 1. The van der Waals surface area contributed by atoms with Gasteiger partial charge < -0.3 is 14.4 Å². The Bertz CT molecular complexity index is 808. The van der Waals surface area contributed by atoms with Crippen molar-refractivity contribution in [1.82, 2.24) is 15.0 Å². The number of nitro benzene ring substituents is 1. The van der Waals surface area contributed by atoms with Crippen LogP contribution in [0.2, 0.25) is 0 Å². The largest absolute Gasteiger partial charge is 0.467 e. The van der Waals surface area contributed by atoms with E-state index in [9.17, 15) is 10.1 Å². The second kappa shape index (κ2) is 8.16. The summed E-state index contributed by atoms with van der Waals surface area (Å²) in [5.74, 6) is 0.674. The number of methoxy groups -OCH3 is 1. The Hall–Kier alpha value is -3.34. The quantitative estimate of drug-likeness (QED) is 0.457. The third kappa shape index (κ3) is 4.39. The van der Waals surface area contributed by atoms with Crippen molar-refractivity contribution < 1.29 is 14.4 Å². The summed E-state index contributed by atoms with van der Waals surface area (Å²) in [5, 5.41) is 14.8. The molecule has 0 saturated carbocycles. The van der Waals surface area contributed by atoms with Crippen molar-refractivity contribution in [3.05, 3.63) is 39.9 Å². The fraction of sp³-hybridized carbons (Fsp3) is 0.333. The molecule has 1 saturated heterocycles. The predicted octanol–water partition coefficient (Wildman–Crippen LogP) is 1.07. The lowest BCUT2D eigenvalue weighted by Crippen LogP contribution is -2.37. The van der Waals surface area contributed by atoms with Gasteiger partial charge in [-0.3, -0.25) is 10.1 Å². The van der Waals surface area contributed by atoms with E-state index in [0.717, 1.165) is 0 Å². The van der Waals surface area contributed by atoms with Crippen LogP contribution in [0, 0.1) is 10.1 Å². The normalized spacial score (nSPS) is 14.4. The molecule has 1 aromatic heterocycles. The summed E-state index contributed by atoms with van der Waals surface area (Å²) < 4.78 is 10.4. The summed E-state index contributed by atoms with van der Waals surface area (Å²) in [6, 6.07) is 6.27. The van der Waals surface area contributed by atoms with Crippen LogP contribution >= 0.6 is 0 Å². The number of hydrogen-bond donors (Lipinski definition) is 1. The molecule has 0 spiro atoms. The summed E-state index contributed by atoms with van der Waals surface area (Å²) in [7, 11) is 1.47. The lowest BCUT2D eigenvalue weighted by atomic mass is 10.2. The monoisotopic (exact) mass is 359 g/mol. The minimum atomic E-state index is -0.462. The number of nitrogens with one attached hydrogen (secondary N) is 1. The zero-order chi connectivity index (χ0) is 18.4. The van der Waals surface area contributed by atoms with E-state index in [2.05, 4.69) is 25.5 Å². The summed E-state index contributed by atoms with van der Waals surface area (Å²) >= 11 is 0. The molecular formula is C15H17N7O4. The van der Waals surface area contributed by atoms with E-state index in [-0.39, 0.29) is 17.6 Å². The highest BCUT2D eigenvalue weighted by atomic mass is 16.6. The molecular weight excluding hydrogens is 342 g/mol. The van der Waals surface area contributed by atoms with Crippen LogP contribution in [0.3, 0.4) is 0 Å². The molecule has 0 aliphatic carbocycles. The number of anilines is 2. The topological polar surface area (TPSA) is 128 Å². The third-order valence-corrected chi connectivity index (χ3v) is 3.54. The van der Waals surface area contributed by atoms with Crippen LogP contribution in [-0.2, 0) is 4.74 Å². The number of nitrogens with zero attached hydrogens (tertiary/aromatic N) is 6. The zero-order valence-corrected chi connectivity index (χ0v) is 14.0. The Morgan fingerprint density at radius 1 is 1.35 bits per heavy atom. The van der Waals surface area contributed by atoms with Crippen LogP contribution in [0.1, 0.15) is 5.56 Å². The van der Waals surface area contributed by atoms with Gasteiger partial charge in [0, 0.05) is 30.8 Å². The van der Waals surface area contributed by atoms with Crippen LogP contribution in [0.5, 0.6) is 6.01 Å². The van der Waals surface area contributed by atoms with E-state index in [1.165, 1.54) is 25.5 Å². The van der Waals surface area contributed by atoms with Crippen molar-refractivity contribution in [3.8, 4) is 6.01 Å². The first-order valence-electron chi connectivity index (χ1n) is 7.82. The van der Waals surface area contributed by atoms with Gasteiger partial charge in [-0.05, 0) is 0 Å². The maximum absolute atomic E-state index is 10.8. The molecule has 0 unspecified atom stereocenters. The molecule has 0 amide bonds. The Kier molecular flexibility index (Phi) is 5.49. The van der Waals surface area contributed by atoms with Crippen molar-refractivity contribution in [1.29, 1.82) is 0 Å². The third-order valence-electron chi connectivity index (χ3n) is 3.54. The van der Waals surface area contributed by atoms with Gasteiger partial charge in [0.25, 0.3) is 11.6 Å². The van der Waals surface area contributed by atoms with Gasteiger partial charge in [0.15, 0.2) is 0 Å². The van der Waals surface area contributed by atoms with Gasteiger partial charge in [0.2, 0.25) is 5.95 Å². The van der Waals surface area contributed by atoms with Gasteiger partial charge in [-0.2, -0.15) is 20.1 Å². The molecule has 1 fully saturated rings. The van der Waals surface area contributed by atoms with E-state index in [4.69, 9.17) is 9.47 Å². The van der Waals surface area contributed by atoms with Crippen LogP contribution in [0.25, 0.3) is 0 Å². The van der Waals surface area contributed by atoms with Crippen LogP contribution in [0.4, 0.5) is 17.6 Å². The number of nitro groups is 1. The lowest BCUT2D eigenvalue weighted by Gasteiger charge is -2.26. The van der Waals surface area contributed by atoms with Gasteiger partial charge in [0.05, 0.1) is 31.5 Å². The molecule has 136 valence electrons. The molecule has 1 aromatic carbocycles. The highest BCUT2D eigenvalue weighted by molar-refractivity contribution is 5.81. The minimum Gasteiger partial charge on any atom is -0.467 e. The number of non-ortho nitro benzene ring substituents is 1. The van der Waals surface area contributed by atoms with E-state index in [1.54, 1.807) is 12.1 Å². The van der Waals surface area contributed by atoms with Crippen molar-refractivity contribution in [2.45, 2.75) is 0 Å². The van der Waals surface area contributed by atoms with Gasteiger partial charge in [0.1, 0.15) is 0 Å². The molecule has 1 aliphatic rings. The molecule has 0 radical (unpaired) electrons. The Morgan fingerprint density at radius 3 is 2.88 bits per heavy atom. The average Bonchev–Trinajstić information content (AvgIpc) is 2.68. The number of hydrogen-bond acceptors (Lipinski definition) is 10. The molecule has 11 nitrogen and oxygen atoms in total. The maximum atomic E-state index is 10.8. The Balaban J connectivity index is 1.74. The van der Waals surface area contributed by atoms with Crippen molar-refractivity contribution >= 4 is 23.8 Å². The summed E-state index contributed by atoms with van der Waals surface area (Å²) in [4.78, 5) is 24.9. The first-order valence-corrected chi connectivity index (χ1v) is 7.82. The fourth-order valence-corrected chi connectivity index (χ4v) is 2.28. The molecule has 1 aliphatic heterocycles. The number of hydrazone groups is 1. The second-order valence-electron chi connectivity index (χ2n) is 5.27. The van der Waals surface area contributed by atoms with Gasteiger partial charge in [-0.25, -0.2) is 5.43 Å². The first-order chi connectivity index (χ1) is 12.7. The molecule has 2 aromatic rings. The van der Waals surface area contributed by atoms with Crippen LogP contribution in [0.15, 0.2) is 29.4 Å². The predicted molar refractivity (Wildman–Crippen MR) is 93.7 cm³/mol. The average molecular weight is 359 g/mol. The molecule has 1 N–H and O–H groups in total. The summed E-state index contributed by atoms with van der Waals surface area (Å²) in [6.07, 6.45) is 1.44. The summed E-state index contributed by atoms with van der Waals surface area (Å²) in [5.41, 5.74) is 3.26. The van der Waals surface area contributed by atoms with Crippen LogP contribution < -0.4 is 15.1 Å². The Labute approximate surface area is 148 Å². The number of benzene rings is 1. The van der Waals surface area contributed by atoms with E-state index < -0.39 is 4.92 Å². The van der Waals surface area contributed by atoms with Gasteiger partial charge in [-0.15, -0.1) is 0 Å². The smallest absolute Gasteiger partial charge is 0.322 e. The van der Waals surface area contributed by atoms with Crippen molar-refractivity contribution in [2.24, 2.45) is 5.10 Å². The standard InChI is InChI=1S/C15H17N7O4/c1-25-15-18-13(17-14(19-15)21-5-7-26-8-6-21)20-16-10-11-3-2-4-12(9-11)22(23)24/h2-4,9-10H,5-8H2,1H3,(H,17,18,19,20)/b16-10-. The minimum absolute atomic E-state index is 0.00890. The first kappa shape index (κ1) is 17.5. The van der Waals surface area contributed by atoms with Crippen LogP contribution in [-0.4, -0.2) is 59.5 Å². The fourth-order valence-electron chi connectivity index (χ4n) is 2.28. The molecule has 0 bridgehead atoms. The van der Waals surface area contributed by atoms with Gasteiger partial charge >= 0.3 is 6.01 Å². The molecule has 3 rings (SSSR count). The molecule has 26 heavy (non-hydrogen) atoms. The van der Waals surface area contributed by atoms with Crippen molar-refractivity contribution in [2.75, 3.05) is 43.7 Å². The van der Waals surface area contributed by atoms with Crippen molar-refractivity contribution in [3.63, 3.8) is 0 Å². The van der Waals surface area contributed by atoms with E-state index in [1.807, 2.05) is 4.90 Å². The highest BCUT2D eigenvalue weighted by Gasteiger charge is 2.16. The van der Waals surface area contributed by atoms with Gasteiger partial charge in [-0.1, -0.05) is 12.1 Å².